The van der Waals surface area contributed by atoms with Crippen LogP contribution in [-0.4, -0.2) is 28.4 Å². The van der Waals surface area contributed by atoms with Crippen LogP contribution in [0.25, 0.3) is 0 Å². The number of sulfonamides is 1. The van der Waals surface area contributed by atoms with E-state index in [1.165, 1.54) is 5.56 Å². The normalized spacial score (nSPS) is 11.4. The lowest BCUT2D eigenvalue weighted by Gasteiger charge is -2.11. The van der Waals surface area contributed by atoms with E-state index in [1.54, 1.807) is 38.5 Å². The summed E-state index contributed by atoms with van der Waals surface area (Å²) in [5, 5.41) is 0. The molecule has 0 heterocycles. The van der Waals surface area contributed by atoms with E-state index in [0.29, 0.717) is 29.5 Å². The third-order valence-corrected chi connectivity index (χ3v) is 5.25. The first kappa shape index (κ1) is 19.1. The van der Waals surface area contributed by atoms with Crippen molar-refractivity contribution >= 4 is 15.7 Å². The van der Waals surface area contributed by atoms with Crippen LogP contribution in [0.4, 0.5) is 5.69 Å². The Bertz CT molecular complexity index is 799. The van der Waals surface area contributed by atoms with Gasteiger partial charge in [-0.1, -0.05) is 32.0 Å². The molecule has 0 saturated heterocycles. The predicted octanol–water partition coefficient (Wildman–Crippen LogP) is 3.81. The molecule has 0 aliphatic carbocycles. The highest BCUT2D eigenvalue weighted by Crippen LogP contribution is 2.28. The first-order valence-corrected chi connectivity index (χ1v) is 9.81. The van der Waals surface area contributed by atoms with Gasteiger partial charge < -0.3 is 9.47 Å². The van der Waals surface area contributed by atoms with Crippen LogP contribution in [0.3, 0.4) is 0 Å². The second kappa shape index (κ2) is 8.25. The number of hydrogen-bond acceptors (Lipinski definition) is 4. The molecule has 0 aliphatic rings. The maximum absolute atomic E-state index is 12.3. The molecule has 0 aromatic heterocycles. The molecule has 0 amide bonds. The molecule has 0 radical (unpaired) electrons. The van der Waals surface area contributed by atoms with Gasteiger partial charge in [-0.15, -0.1) is 0 Å². The number of rotatable bonds is 8. The van der Waals surface area contributed by atoms with Gasteiger partial charge in [0.25, 0.3) is 0 Å². The number of nitrogens with one attached hydrogen (secondary N) is 1. The standard InChI is InChI=1S/C19H25NO4S/c1-14(2)16-6-8-17(9-7-16)20-25(21,22)12-11-15-5-10-18(23-3)19(13-15)24-4/h5-10,13-14,20H,11-12H2,1-4H3. The molecule has 2 rings (SSSR count). The quantitative estimate of drug-likeness (QED) is 0.774. The van der Waals surface area contributed by atoms with Crippen molar-refractivity contribution in [3.63, 3.8) is 0 Å². The lowest BCUT2D eigenvalue weighted by Crippen LogP contribution is -2.18. The number of anilines is 1. The number of methoxy groups -OCH3 is 2. The Morgan fingerprint density at radius 2 is 1.60 bits per heavy atom. The van der Waals surface area contributed by atoms with Crippen LogP contribution in [-0.2, 0) is 16.4 Å². The van der Waals surface area contributed by atoms with Crippen LogP contribution in [0.5, 0.6) is 11.5 Å². The fraction of sp³-hybridized carbons (Fsp3) is 0.368. The number of aryl methyl sites for hydroxylation is 1. The molecule has 0 unspecified atom stereocenters. The first-order valence-electron chi connectivity index (χ1n) is 8.16. The summed E-state index contributed by atoms with van der Waals surface area (Å²) in [6.45, 7) is 4.20. The third kappa shape index (κ3) is 5.39. The largest absolute Gasteiger partial charge is 0.493 e. The van der Waals surface area contributed by atoms with E-state index < -0.39 is 10.0 Å². The SMILES string of the molecule is COc1ccc(CCS(=O)(=O)Nc2ccc(C(C)C)cc2)cc1OC. The molecule has 25 heavy (non-hydrogen) atoms. The van der Waals surface area contributed by atoms with Gasteiger partial charge in [0.2, 0.25) is 10.0 Å². The van der Waals surface area contributed by atoms with E-state index in [2.05, 4.69) is 18.6 Å². The van der Waals surface area contributed by atoms with Crippen molar-refractivity contribution in [1.82, 2.24) is 0 Å². The topological polar surface area (TPSA) is 64.6 Å². The van der Waals surface area contributed by atoms with Crippen molar-refractivity contribution in [1.29, 1.82) is 0 Å². The van der Waals surface area contributed by atoms with Crippen LogP contribution < -0.4 is 14.2 Å². The average Bonchev–Trinajstić information content (AvgIpc) is 2.59. The number of hydrogen-bond donors (Lipinski definition) is 1. The Hall–Kier alpha value is -2.21. The molecule has 0 aliphatic heterocycles. The minimum Gasteiger partial charge on any atom is -0.493 e. The summed E-state index contributed by atoms with van der Waals surface area (Å²) in [6.07, 6.45) is 0.389. The number of ether oxygens (including phenoxy) is 2. The van der Waals surface area contributed by atoms with Gasteiger partial charge in [0.05, 0.1) is 20.0 Å². The zero-order chi connectivity index (χ0) is 18.4. The van der Waals surface area contributed by atoms with E-state index in [-0.39, 0.29) is 5.75 Å². The molecule has 1 N–H and O–H groups in total. The Balaban J connectivity index is 2.01. The molecule has 2 aromatic carbocycles. The Morgan fingerprint density at radius 1 is 0.960 bits per heavy atom. The third-order valence-electron chi connectivity index (χ3n) is 3.96. The van der Waals surface area contributed by atoms with Crippen LogP contribution in [0.1, 0.15) is 30.9 Å². The van der Waals surface area contributed by atoms with E-state index in [9.17, 15) is 8.42 Å². The maximum atomic E-state index is 12.3. The van der Waals surface area contributed by atoms with Crippen LogP contribution >= 0.6 is 0 Å². The molecule has 0 spiro atoms. The minimum atomic E-state index is -3.42. The Labute approximate surface area is 150 Å². The zero-order valence-corrected chi connectivity index (χ0v) is 15.9. The second-order valence-electron chi connectivity index (χ2n) is 6.14. The highest BCUT2D eigenvalue weighted by Gasteiger charge is 2.12. The van der Waals surface area contributed by atoms with Crippen LogP contribution in [0.2, 0.25) is 0 Å². The lowest BCUT2D eigenvalue weighted by atomic mass is 10.0. The second-order valence-corrected chi connectivity index (χ2v) is 7.98. The van der Waals surface area contributed by atoms with Crippen molar-refractivity contribution in [2.45, 2.75) is 26.2 Å². The maximum Gasteiger partial charge on any atom is 0.233 e. The molecule has 136 valence electrons. The van der Waals surface area contributed by atoms with Gasteiger partial charge in [0.1, 0.15) is 0 Å². The smallest absolute Gasteiger partial charge is 0.233 e. The van der Waals surface area contributed by atoms with Crippen molar-refractivity contribution in [2.24, 2.45) is 0 Å². The minimum absolute atomic E-state index is 0.00554. The summed E-state index contributed by atoms with van der Waals surface area (Å²) in [4.78, 5) is 0. The Morgan fingerprint density at radius 3 is 2.16 bits per heavy atom. The predicted molar refractivity (Wildman–Crippen MR) is 101 cm³/mol. The van der Waals surface area contributed by atoms with E-state index >= 15 is 0 Å². The van der Waals surface area contributed by atoms with Gasteiger partial charge in [-0.3, -0.25) is 4.72 Å². The van der Waals surface area contributed by atoms with Crippen molar-refractivity contribution in [3.05, 3.63) is 53.6 Å². The van der Waals surface area contributed by atoms with Gasteiger partial charge in [-0.05, 0) is 47.7 Å². The fourth-order valence-corrected chi connectivity index (χ4v) is 3.56. The molecular weight excluding hydrogens is 338 g/mol. The van der Waals surface area contributed by atoms with Gasteiger partial charge in [-0.25, -0.2) is 8.42 Å². The van der Waals surface area contributed by atoms with E-state index in [1.807, 2.05) is 18.2 Å². The van der Waals surface area contributed by atoms with Gasteiger partial charge in [-0.2, -0.15) is 0 Å². The average molecular weight is 363 g/mol. The highest BCUT2D eigenvalue weighted by molar-refractivity contribution is 7.92. The van der Waals surface area contributed by atoms with E-state index in [4.69, 9.17) is 9.47 Å². The summed E-state index contributed by atoms with van der Waals surface area (Å²) in [5.41, 5.74) is 2.63. The number of benzene rings is 2. The zero-order valence-electron chi connectivity index (χ0n) is 15.1. The summed E-state index contributed by atoms with van der Waals surface area (Å²) in [5.74, 6) is 1.62. The molecular formula is C19H25NO4S. The molecule has 6 heteroatoms. The van der Waals surface area contributed by atoms with Crippen molar-refractivity contribution < 1.29 is 17.9 Å². The van der Waals surface area contributed by atoms with Crippen molar-refractivity contribution in [3.8, 4) is 11.5 Å². The molecule has 0 bridgehead atoms. The van der Waals surface area contributed by atoms with Crippen LogP contribution in [0, 0.1) is 0 Å². The summed E-state index contributed by atoms with van der Waals surface area (Å²) >= 11 is 0. The fourth-order valence-electron chi connectivity index (χ4n) is 2.46. The highest BCUT2D eigenvalue weighted by atomic mass is 32.2. The van der Waals surface area contributed by atoms with Gasteiger partial charge in [0.15, 0.2) is 11.5 Å². The Kier molecular flexibility index (Phi) is 6.31. The molecule has 0 atom stereocenters. The molecule has 0 saturated carbocycles. The van der Waals surface area contributed by atoms with Crippen LogP contribution in [0.15, 0.2) is 42.5 Å². The molecule has 5 nitrogen and oxygen atoms in total. The van der Waals surface area contributed by atoms with Gasteiger partial charge >= 0.3 is 0 Å². The monoisotopic (exact) mass is 363 g/mol. The van der Waals surface area contributed by atoms with Gasteiger partial charge in [0, 0.05) is 5.69 Å². The first-order chi connectivity index (χ1) is 11.8. The lowest BCUT2D eigenvalue weighted by molar-refractivity contribution is 0.354. The summed E-state index contributed by atoms with van der Waals surface area (Å²) in [6, 6.07) is 12.9. The molecule has 0 fully saturated rings. The summed E-state index contributed by atoms with van der Waals surface area (Å²) in [7, 11) is -0.301. The molecule has 2 aromatic rings. The summed E-state index contributed by atoms with van der Waals surface area (Å²) < 4.78 is 37.7. The van der Waals surface area contributed by atoms with E-state index in [0.717, 1.165) is 5.56 Å². The van der Waals surface area contributed by atoms with Crippen molar-refractivity contribution in [2.75, 3.05) is 24.7 Å².